The van der Waals surface area contributed by atoms with Crippen LogP contribution in [0.3, 0.4) is 0 Å². The van der Waals surface area contributed by atoms with E-state index in [-0.39, 0.29) is 17.8 Å². The largest absolute Gasteiger partial charge is 0.396 e. The van der Waals surface area contributed by atoms with E-state index in [4.69, 9.17) is 5.26 Å². The summed E-state index contributed by atoms with van der Waals surface area (Å²) >= 11 is 0. The lowest BCUT2D eigenvalue weighted by Crippen LogP contribution is -2.55. The van der Waals surface area contributed by atoms with Crippen LogP contribution >= 0.6 is 0 Å². The van der Waals surface area contributed by atoms with Gasteiger partial charge in [-0.2, -0.15) is 5.26 Å². The van der Waals surface area contributed by atoms with Gasteiger partial charge in [0.2, 0.25) is 0 Å². The first kappa shape index (κ1) is 25.3. The third kappa shape index (κ3) is 3.99. The van der Waals surface area contributed by atoms with Crippen molar-refractivity contribution in [1.29, 1.82) is 5.26 Å². The summed E-state index contributed by atoms with van der Waals surface area (Å²) in [5, 5.41) is 30.6. The molecule has 4 nitrogen and oxygen atoms in total. The maximum absolute atomic E-state index is 12.3. The Balaban J connectivity index is 1.39. The molecule has 2 aromatic rings. The van der Waals surface area contributed by atoms with Crippen molar-refractivity contribution in [3.8, 4) is 17.2 Å². The van der Waals surface area contributed by atoms with Gasteiger partial charge in [-0.05, 0) is 103 Å². The second kappa shape index (κ2) is 9.63. The number of benzene rings is 2. The van der Waals surface area contributed by atoms with Crippen molar-refractivity contribution in [3.63, 3.8) is 0 Å². The molecule has 38 heavy (non-hydrogen) atoms. The number of aliphatic hydroxyl groups excluding tert-OH is 1. The van der Waals surface area contributed by atoms with Crippen molar-refractivity contribution in [2.24, 2.45) is 29.1 Å². The van der Waals surface area contributed by atoms with E-state index in [0.29, 0.717) is 54.4 Å². The highest BCUT2D eigenvalue weighted by molar-refractivity contribution is 5.91. The van der Waals surface area contributed by atoms with Crippen LogP contribution in [0, 0.1) is 40.4 Å². The number of carbonyl (C=O) groups excluding carboxylic acids is 1. The molecular weight excluding hydrogens is 470 g/mol. The predicted molar refractivity (Wildman–Crippen MR) is 148 cm³/mol. The second-order valence-corrected chi connectivity index (χ2v) is 12.3. The molecule has 196 valence electrons. The zero-order chi connectivity index (χ0) is 26.5. The van der Waals surface area contributed by atoms with Crippen LogP contribution in [0.4, 0.5) is 0 Å². The molecule has 2 saturated carbocycles. The number of hydrogen-bond donors (Lipinski definition) is 2. The number of carbonyl (C=O) groups is 1. The second-order valence-electron chi connectivity index (χ2n) is 12.3. The predicted octanol–water partition coefficient (Wildman–Crippen LogP) is 6.34. The number of nitrogens with zero attached hydrogens (tertiary/aromatic N) is 1. The first-order valence-electron chi connectivity index (χ1n) is 14.2. The monoisotopic (exact) mass is 507 g/mol. The van der Waals surface area contributed by atoms with Gasteiger partial charge in [0, 0.05) is 18.4 Å². The molecule has 6 rings (SSSR count). The van der Waals surface area contributed by atoms with Gasteiger partial charge in [0.25, 0.3) is 0 Å². The molecule has 2 N–H and O–H groups in total. The number of fused-ring (bicyclic) bond motifs is 5. The number of hydrogen-bond acceptors (Lipinski definition) is 4. The summed E-state index contributed by atoms with van der Waals surface area (Å²) in [6, 6.07) is 18.8. The summed E-state index contributed by atoms with van der Waals surface area (Å²) < 4.78 is 0. The topological polar surface area (TPSA) is 81.3 Å². The van der Waals surface area contributed by atoms with Gasteiger partial charge in [-0.25, -0.2) is 0 Å². The van der Waals surface area contributed by atoms with Gasteiger partial charge in [0.05, 0.1) is 17.2 Å². The molecule has 4 aliphatic carbocycles. The highest BCUT2D eigenvalue weighted by Crippen LogP contribution is 2.66. The van der Waals surface area contributed by atoms with E-state index in [1.165, 1.54) is 11.1 Å². The molecule has 0 aromatic heterocycles. The molecular formula is C34H37NO3. The van der Waals surface area contributed by atoms with Crippen LogP contribution in [0.2, 0.25) is 0 Å². The van der Waals surface area contributed by atoms with E-state index in [2.05, 4.69) is 49.4 Å². The number of aliphatic hydroxyl groups is 2. The van der Waals surface area contributed by atoms with E-state index in [1.54, 1.807) is 0 Å². The van der Waals surface area contributed by atoms with Crippen molar-refractivity contribution in [2.45, 2.75) is 63.4 Å². The minimum atomic E-state index is -0.912. The molecule has 2 fully saturated rings. The smallest absolute Gasteiger partial charge is 0.155 e. The van der Waals surface area contributed by atoms with E-state index >= 15 is 0 Å². The molecule has 4 aliphatic rings. The lowest BCUT2D eigenvalue weighted by molar-refractivity contribution is -0.121. The zero-order valence-electron chi connectivity index (χ0n) is 22.1. The number of ketones is 1. The lowest BCUT2D eigenvalue weighted by atomic mass is 9.46. The summed E-state index contributed by atoms with van der Waals surface area (Å²) in [6.45, 7) is 2.37. The van der Waals surface area contributed by atoms with Crippen LogP contribution in [-0.4, -0.2) is 28.2 Å². The van der Waals surface area contributed by atoms with Gasteiger partial charge in [0.15, 0.2) is 5.78 Å². The fourth-order valence-corrected chi connectivity index (χ4v) is 8.58. The Hall–Kier alpha value is -3.00. The molecule has 0 aliphatic heterocycles. The summed E-state index contributed by atoms with van der Waals surface area (Å²) in [5.74, 6) is 2.22. The van der Waals surface area contributed by atoms with Gasteiger partial charge < -0.3 is 10.2 Å². The minimum Gasteiger partial charge on any atom is -0.396 e. The van der Waals surface area contributed by atoms with Gasteiger partial charge in [-0.15, -0.1) is 0 Å². The highest BCUT2D eigenvalue weighted by Gasteiger charge is 2.62. The van der Waals surface area contributed by atoms with Gasteiger partial charge in [-0.1, -0.05) is 61.0 Å². The minimum absolute atomic E-state index is 0.0907. The Kier molecular flexibility index (Phi) is 6.41. The summed E-state index contributed by atoms with van der Waals surface area (Å²) in [6.07, 6.45) is 12.0. The van der Waals surface area contributed by atoms with Crippen molar-refractivity contribution in [3.05, 3.63) is 83.5 Å². The molecule has 0 heterocycles. The molecule has 4 heteroatoms. The average molecular weight is 508 g/mol. The van der Waals surface area contributed by atoms with Crippen LogP contribution in [0.15, 0.2) is 72.3 Å². The molecule has 0 saturated heterocycles. The molecule has 0 radical (unpaired) electrons. The molecule has 0 unspecified atom stereocenters. The normalized spacial score (nSPS) is 35.6. The summed E-state index contributed by atoms with van der Waals surface area (Å²) in [4.78, 5) is 12.3. The van der Waals surface area contributed by atoms with Crippen molar-refractivity contribution in [2.75, 3.05) is 6.61 Å². The van der Waals surface area contributed by atoms with E-state index in [0.717, 1.165) is 36.8 Å². The van der Waals surface area contributed by atoms with Gasteiger partial charge >= 0.3 is 0 Å². The first-order chi connectivity index (χ1) is 18.4. The highest BCUT2D eigenvalue weighted by atomic mass is 16.3. The van der Waals surface area contributed by atoms with Crippen LogP contribution in [-0.2, 0) is 4.79 Å². The quantitative estimate of drug-likeness (QED) is 0.463. The van der Waals surface area contributed by atoms with Crippen LogP contribution < -0.4 is 0 Å². The Morgan fingerprint density at radius 3 is 2.39 bits per heavy atom. The molecule has 0 amide bonds. The van der Waals surface area contributed by atoms with Gasteiger partial charge in [0.1, 0.15) is 0 Å². The molecule has 2 aromatic carbocycles. The molecule has 0 bridgehead atoms. The van der Waals surface area contributed by atoms with Gasteiger partial charge in [-0.3, -0.25) is 4.79 Å². The fraction of sp³-hybridized carbons (Fsp3) is 0.471. The summed E-state index contributed by atoms with van der Waals surface area (Å²) in [7, 11) is 0. The maximum Gasteiger partial charge on any atom is 0.155 e. The third-order valence-electron chi connectivity index (χ3n) is 10.5. The standard InChI is InChI=1S/C34H37NO3/c1-33-20-30(25-9-7-24(8-10-25)23-5-3-22(21-35)4-6-23)32-28-14-12-27(37)19-26(28)11-13-29(32)31(33)15-17-34(33,38)16-2-18-36/h3-10,15,17,19,28-32,36,38H,2,11-14,16,18,20H2,1H3/t28-,29-,30+,31-,32+,33-,34-/m0/s1. The first-order valence-corrected chi connectivity index (χ1v) is 14.2. The Labute approximate surface area is 225 Å². The Morgan fingerprint density at radius 1 is 1.00 bits per heavy atom. The van der Waals surface area contributed by atoms with Crippen molar-refractivity contribution in [1.82, 2.24) is 0 Å². The number of rotatable bonds is 5. The third-order valence-corrected chi connectivity index (χ3v) is 10.5. The van der Waals surface area contributed by atoms with Crippen LogP contribution in [0.1, 0.15) is 68.9 Å². The van der Waals surface area contributed by atoms with Crippen molar-refractivity contribution >= 4 is 5.78 Å². The van der Waals surface area contributed by atoms with E-state index < -0.39 is 5.60 Å². The SMILES string of the molecule is C[C@]12C[C@H](c3ccc(-c4ccc(C#N)cc4)cc3)[C@H]3[C@@H](CCC4=CC(=O)CC[C@@H]43)[C@@H]1C=C[C@@]2(O)CCCO. The summed E-state index contributed by atoms with van der Waals surface area (Å²) in [5.41, 5.74) is 4.35. The lowest BCUT2D eigenvalue weighted by Gasteiger charge is -2.59. The molecule has 0 spiro atoms. The van der Waals surface area contributed by atoms with E-state index in [1.807, 2.05) is 30.3 Å². The Morgan fingerprint density at radius 2 is 1.71 bits per heavy atom. The van der Waals surface area contributed by atoms with Crippen molar-refractivity contribution < 1.29 is 15.0 Å². The number of allylic oxidation sites excluding steroid dienone is 3. The van der Waals surface area contributed by atoms with E-state index in [9.17, 15) is 15.0 Å². The molecule has 7 atom stereocenters. The fourth-order valence-electron chi connectivity index (χ4n) is 8.58. The zero-order valence-corrected chi connectivity index (χ0v) is 22.1. The average Bonchev–Trinajstić information content (AvgIpc) is 3.21. The van der Waals surface area contributed by atoms with Crippen LogP contribution in [0.5, 0.6) is 0 Å². The number of nitriles is 1. The maximum atomic E-state index is 12.3. The van der Waals surface area contributed by atoms with Crippen LogP contribution in [0.25, 0.3) is 11.1 Å². The Bertz CT molecular complexity index is 1320.